The van der Waals surface area contributed by atoms with Gasteiger partial charge in [-0.1, -0.05) is 164 Å². The van der Waals surface area contributed by atoms with Crippen molar-refractivity contribution in [1.82, 2.24) is 9.55 Å². The molecule has 0 saturated heterocycles. The minimum atomic E-state index is -0.777. The van der Waals surface area contributed by atoms with E-state index in [1.807, 2.05) is 48.9 Å². The molecule has 6 aromatic rings. The fourth-order valence-electron chi connectivity index (χ4n) is 5.59. The second-order valence-electron chi connectivity index (χ2n) is 10.6. The van der Waals surface area contributed by atoms with E-state index in [4.69, 9.17) is 7.85 Å². The van der Waals surface area contributed by atoms with Crippen molar-refractivity contribution in [2.75, 3.05) is 0 Å². The smallest absolute Gasteiger partial charge is 0.0965 e. The summed E-state index contributed by atoms with van der Waals surface area (Å²) in [5.41, 5.74) is 6.37. The standard InChI is InChI=1S/C25H26N2Si.C13H11B/c1-2-9-21-14-16-24(17-15-21)28-25(27-19-18-26-20-27,22-10-5-3-6-11-22)23-12-7-4-8-13-23;14-13(11-7-3-1-4-8-11)12-9-5-2-6-10-12/h3-8,10-20H,2,9,28H2,1H3;1-10,13H. The van der Waals surface area contributed by atoms with E-state index in [1.165, 1.54) is 28.3 Å². The van der Waals surface area contributed by atoms with Gasteiger partial charge in [-0.2, -0.15) is 0 Å². The maximum Gasteiger partial charge on any atom is 0.0965 e. The molecular formula is C38H37BN2Si. The zero-order valence-corrected chi connectivity index (χ0v) is 25.7. The molecule has 6 rings (SSSR count). The molecule has 206 valence electrons. The molecule has 0 aliphatic carbocycles. The van der Waals surface area contributed by atoms with Gasteiger partial charge in [-0.3, -0.25) is 0 Å². The quantitative estimate of drug-likeness (QED) is 0.174. The Balaban J connectivity index is 0.000000211. The number of aromatic nitrogens is 2. The van der Waals surface area contributed by atoms with Crippen LogP contribution in [0.2, 0.25) is 0 Å². The summed E-state index contributed by atoms with van der Waals surface area (Å²) in [4.78, 5) is 4.40. The van der Waals surface area contributed by atoms with Crippen LogP contribution in [-0.4, -0.2) is 26.9 Å². The third-order valence-corrected chi connectivity index (χ3v) is 10.4. The van der Waals surface area contributed by atoms with Crippen LogP contribution in [0.4, 0.5) is 0 Å². The van der Waals surface area contributed by atoms with E-state index in [2.05, 4.69) is 132 Å². The van der Waals surface area contributed by atoms with Crippen LogP contribution in [0, 0.1) is 0 Å². The molecule has 1 heterocycles. The van der Waals surface area contributed by atoms with Crippen molar-refractivity contribution in [1.29, 1.82) is 0 Å². The molecule has 42 heavy (non-hydrogen) atoms. The van der Waals surface area contributed by atoms with Crippen LogP contribution in [0.1, 0.15) is 47.0 Å². The third-order valence-electron chi connectivity index (χ3n) is 7.79. The first-order valence-electron chi connectivity index (χ1n) is 14.7. The number of hydrogen-bond acceptors (Lipinski definition) is 1. The minimum absolute atomic E-state index is 0.0163. The number of imidazole rings is 1. The first-order valence-corrected chi connectivity index (χ1v) is 16.1. The van der Waals surface area contributed by atoms with Gasteiger partial charge in [-0.15, -0.1) is 0 Å². The molecule has 2 radical (unpaired) electrons. The monoisotopic (exact) mass is 560 g/mol. The molecule has 0 N–H and O–H groups in total. The van der Waals surface area contributed by atoms with Crippen molar-refractivity contribution in [3.63, 3.8) is 0 Å². The molecule has 0 saturated carbocycles. The topological polar surface area (TPSA) is 17.8 Å². The Hall–Kier alpha value is -4.41. The Morgan fingerprint density at radius 1 is 0.667 bits per heavy atom. The Bertz CT molecular complexity index is 1510. The molecule has 0 aliphatic rings. The molecule has 0 amide bonds. The van der Waals surface area contributed by atoms with Gasteiger partial charge in [0, 0.05) is 12.4 Å². The highest BCUT2D eigenvalue weighted by Gasteiger charge is 2.36. The molecule has 2 nitrogen and oxygen atoms in total. The number of rotatable bonds is 9. The summed E-state index contributed by atoms with van der Waals surface area (Å²) in [6, 6.07) is 51.3. The number of hydrogen-bond donors (Lipinski definition) is 0. The van der Waals surface area contributed by atoms with Crippen LogP contribution in [0.5, 0.6) is 0 Å². The van der Waals surface area contributed by atoms with Crippen LogP contribution < -0.4 is 5.19 Å². The average molecular weight is 561 g/mol. The molecule has 0 fully saturated rings. The van der Waals surface area contributed by atoms with Crippen molar-refractivity contribution in [3.8, 4) is 0 Å². The van der Waals surface area contributed by atoms with Crippen molar-refractivity contribution in [3.05, 3.63) is 192 Å². The fourth-order valence-corrected chi connectivity index (χ4v) is 7.91. The molecule has 0 spiro atoms. The van der Waals surface area contributed by atoms with Crippen LogP contribution in [-0.2, 0) is 11.6 Å². The van der Waals surface area contributed by atoms with E-state index in [1.54, 1.807) is 0 Å². The minimum Gasteiger partial charge on any atom is -0.326 e. The Kier molecular flexibility index (Phi) is 10.0. The molecule has 0 unspecified atom stereocenters. The summed E-state index contributed by atoms with van der Waals surface area (Å²) >= 11 is 0. The lowest BCUT2D eigenvalue weighted by Crippen LogP contribution is -2.46. The fraction of sp³-hybridized carbons (Fsp3) is 0.132. The first-order chi connectivity index (χ1) is 20.7. The molecule has 4 heteroatoms. The Morgan fingerprint density at radius 3 is 1.57 bits per heavy atom. The van der Waals surface area contributed by atoms with Gasteiger partial charge in [0.15, 0.2) is 0 Å². The summed E-state index contributed by atoms with van der Waals surface area (Å²) in [6.07, 6.45) is 8.30. The maximum atomic E-state index is 6.12. The van der Waals surface area contributed by atoms with Gasteiger partial charge in [0.2, 0.25) is 0 Å². The van der Waals surface area contributed by atoms with Gasteiger partial charge in [0.1, 0.15) is 0 Å². The number of nitrogens with zero attached hydrogens (tertiary/aromatic N) is 2. The number of aryl methyl sites for hydroxylation is 1. The Morgan fingerprint density at radius 2 is 1.14 bits per heavy atom. The first kappa shape index (κ1) is 29.1. The molecule has 5 aromatic carbocycles. The molecule has 0 aliphatic heterocycles. The zero-order chi connectivity index (χ0) is 29.0. The predicted molar refractivity (Wildman–Crippen MR) is 180 cm³/mol. The van der Waals surface area contributed by atoms with E-state index in [0.29, 0.717) is 0 Å². The van der Waals surface area contributed by atoms with Gasteiger partial charge in [0.25, 0.3) is 0 Å². The van der Waals surface area contributed by atoms with E-state index in [9.17, 15) is 0 Å². The van der Waals surface area contributed by atoms with Crippen LogP contribution >= 0.6 is 0 Å². The highest BCUT2D eigenvalue weighted by atomic mass is 28.2. The zero-order valence-electron chi connectivity index (χ0n) is 24.3. The largest absolute Gasteiger partial charge is 0.326 e. The van der Waals surface area contributed by atoms with Crippen molar-refractivity contribution < 1.29 is 0 Å². The van der Waals surface area contributed by atoms with Gasteiger partial charge in [0.05, 0.1) is 28.9 Å². The van der Waals surface area contributed by atoms with Gasteiger partial charge >= 0.3 is 0 Å². The highest BCUT2D eigenvalue weighted by Crippen LogP contribution is 2.33. The molecular weight excluding hydrogens is 523 g/mol. The van der Waals surface area contributed by atoms with Gasteiger partial charge in [-0.05, 0) is 40.1 Å². The summed E-state index contributed by atoms with van der Waals surface area (Å²) in [6.45, 7) is 2.23. The summed E-state index contributed by atoms with van der Waals surface area (Å²) in [5, 5.41) is 1.26. The molecule has 1 aromatic heterocycles. The van der Waals surface area contributed by atoms with Gasteiger partial charge in [-0.25, -0.2) is 4.98 Å². The van der Waals surface area contributed by atoms with Crippen molar-refractivity contribution >= 4 is 22.6 Å². The maximum absolute atomic E-state index is 6.12. The Labute approximate surface area is 254 Å². The lowest BCUT2D eigenvalue weighted by Gasteiger charge is -2.37. The lowest BCUT2D eigenvalue weighted by molar-refractivity contribution is 0.596. The highest BCUT2D eigenvalue weighted by molar-refractivity contribution is 6.57. The van der Waals surface area contributed by atoms with Crippen LogP contribution in [0.15, 0.2) is 164 Å². The normalized spacial score (nSPS) is 11.4. The van der Waals surface area contributed by atoms with E-state index >= 15 is 0 Å². The van der Waals surface area contributed by atoms with Crippen LogP contribution in [0.25, 0.3) is 0 Å². The van der Waals surface area contributed by atoms with E-state index < -0.39 is 9.52 Å². The third kappa shape index (κ3) is 6.90. The van der Waals surface area contributed by atoms with Crippen molar-refractivity contribution in [2.24, 2.45) is 0 Å². The SMILES string of the molecule is CCCc1ccc([SiH2]C(c2ccccc2)(c2ccccc2)n2ccnc2)cc1.[B]C(c1ccccc1)c1ccccc1. The molecule has 0 bridgehead atoms. The molecule has 0 atom stereocenters. The average Bonchev–Trinajstić information content (AvgIpc) is 3.62. The van der Waals surface area contributed by atoms with E-state index in [-0.39, 0.29) is 11.0 Å². The predicted octanol–water partition coefficient (Wildman–Crippen LogP) is 7.02. The van der Waals surface area contributed by atoms with E-state index in [0.717, 1.165) is 17.5 Å². The summed E-state index contributed by atoms with van der Waals surface area (Å²) < 4.78 is 2.31. The van der Waals surface area contributed by atoms with Crippen LogP contribution in [0.3, 0.4) is 0 Å². The van der Waals surface area contributed by atoms with Gasteiger partial charge < -0.3 is 4.57 Å². The second kappa shape index (κ2) is 14.5. The second-order valence-corrected chi connectivity index (χ2v) is 12.8. The summed E-state index contributed by atoms with van der Waals surface area (Å²) in [7, 11) is 5.34. The lowest BCUT2D eigenvalue weighted by atomic mass is 9.76. The number of benzene rings is 5. The summed E-state index contributed by atoms with van der Waals surface area (Å²) in [5.74, 6) is -0.0163. The van der Waals surface area contributed by atoms with Crippen molar-refractivity contribution in [2.45, 2.75) is 30.7 Å².